The first-order chi connectivity index (χ1) is 11.1. The van der Waals surface area contributed by atoms with Crippen molar-refractivity contribution >= 4 is 34.3 Å². The molecule has 0 saturated heterocycles. The number of fused-ring (bicyclic) bond motifs is 1. The summed E-state index contributed by atoms with van der Waals surface area (Å²) in [7, 11) is 0. The maximum atomic E-state index is 11.8. The lowest BCUT2D eigenvalue weighted by Gasteiger charge is -2.07. The molecule has 0 aliphatic carbocycles. The predicted octanol–water partition coefficient (Wildman–Crippen LogP) is 2.89. The highest BCUT2D eigenvalue weighted by Gasteiger charge is 2.16. The second-order valence-corrected chi connectivity index (χ2v) is 5.44. The van der Waals surface area contributed by atoms with Gasteiger partial charge in [0.05, 0.1) is 29.9 Å². The number of carbonyl (C=O) groups is 1. The van der Waals surface area contributed by atoms with E-state index in [0.29, 0.717) is 18.2 Å². The quantitative estimate of drug-likeness (QED) is 0.744. The first kappa shape index (κ1) is 15.3. The molecule has 0 fully saturated rings. The fourth-order valence-electron chi connectivity index (χ4n) is 2.31. The van der Waals surface area contributed by atoms with Crippen molar-refractivity contribution in [1.29, 1.82) is 0 Å². The van der Waals surface area contributed by atoms with Crippen LogP contribution >= 0.6 is 11.6 Å². The fourth-order valence-corrected chi connectivity index (χ4v) is 2.48. The lowest BCUT2D eigenvalue weighted by Crippen LogP contribution is -2.10. The van der Waals surface area contributed by atoms with Crippen molar-refractivity contribution in [3.8, 4) is 0 Å². The van der Waals surface area contributed by atoms with Gasteiger partial charge in [0, 0.05) is 11.6 Å². The van der Waals surface area contributed by atoms with E-state index in [-0.39, 0.29) is 11.4 Å². The van der Waals surface area contributed by atoms with Crippen molar-refractivity contribution in [2.45, 2.75) is 13.5 Å². The highest BCUT2D eigenvalue weighted by atomic mass is 35.5. The van der Waals surface area contributed by atoms with Gasteiger partial charge in [0.15, 0.2) is 0 Å². The van der Waals surface area contributed by atoms with Crippen LogP contribution in [0.3, 0.4) is 0 Å². The maximum Gasteiger partial charge on any atom is 0.343 e. The van der Waals surface area contributed by atoms with E-state index < -0.39 is 5.97 Å². The number of carbonyl (C=O) groups excluding carboxylic acids is 1. The first-order valence-electron chi connectivity index (χ1n) is 7.11. The van der Waals surface area contributed by atoms with Crippen molar-refractivity contribution in [2.75, 3.05) is 12.3 Å². The number of pyridine rings is 1. The molecule has 0 bridgehead atoms. The molecule has 1 aromatic carbocycles. The van der Waals surface area contributed by atoms with Crippen LogP contribution in [-0.2, 0) is 11.3 Å². The lowest BCUT2D eigenvalue weighted by molar-refractivity contribution is 0.0527. The van der Waals surface area contributed by atoms with Crippen LogP contribution in [0.2, 0.25) is 5.02 Å². The molecule has 0 radical (unpaired) electrons. The van der Waals surface area contributed by atoms with E-state index >= 15 is 0 Å². The van der Waals surface area contributed by atoms with Crippen LogP contribution in [0.1, 0.15) is 22.8 Å². The van der Waals surface area contributed by atoms with E-state index in [9.17, 15) is 4.79 Å². The summed E-state index contributed by atoms with van der Waals surface area (Å²) in [6.45, 7) is 2.47. The summed E-state index contributed by atoms with van der Waals surface area (Å²) < 4.78 is 6.51. The normalized spacial score (nSPS) is 10.9. The summed E-state index contributed by atoms with van der Waals surface area (Å²) in [5, 5.41) is 5.68. The number of aromatic nitrogens is 3. The summed E-state index contributed by atoms with van der Waals surface area (Å²) in [5.74, 6) is -0.182. The highest BCUT2D eigenvalue weighted by Crippen LogP contribution is 2.20. The third kappa shape index (κ3) is 3.12. The Kier molecular flexibility index (Phi) is 4.16. The molecule has 118 valence electrons. The molecule has 23 heavy (non-hydrogen) atoms. The molecule has 0 saturated carbocycles. The number of esters is 1. The zero-order chi connectivity index (χ0) is 16.4. The predicted molar refractivity (Wildman–Crippen MR) is 88.5 cm³/mol. The maximum absolute atomic E-state index is 11.8. The van der Waals surface area contributed by atoms with Crippen LogP contribution in [0.5, 0.6) is 0 Å². The van der Waals surface area contributed by atoms with Crippen LogP contribution in [0.15, 0.2) is 36.7 Å². The fraction of sp³-hybridized carbons (Fsp3) is 0.188. The van der Waals surface area contributed by atoms with Gasteiger partial charge < -0.3 is 10.5 Å². The van der Waals surface area contributed by atoms with Crippen LogP contribution in [0, 0.1) is 0 Å². The summed E-state index contributed by atoms with van der Waals surface area (Å²) in [6.07, 6.45) is 3.04. The number of nitrogens with zero attached hydrogens (tertiary/aromatic N) is 3. The molecule has 0 atom stereocenters. The number of ether oxygens (including phenoxy) is 1. The first-order valence-corrected chi connectivity index (χ1v) is 7.49. The van der Waals surface area contributed by atoms with Gasteiger partial charge in [-0.1, -0.05) is 17.7 Å². The third-order valence-electron chi connectivity index (χ3n) is 3.42. The van der Waals surface area contributed by atoms with Gasteiger partial charge in [-0.3, -0.25) is 4.98 Å². The standard InChI is InChI=1S/C16H15ClN4O2/c1-2-23-16(22)13-8-20-21(15(13)18)9-10-3-4-14-11(5-10)6-12(17)7-19-14/h3-8H,2,9,18H2,1H3. The van der Waals surface area contributed by atoms with Crippen LogP contribution in [-0.4, -0.2) is 27.3 Å². The molecule has 0 unspecified atom stereocenters. The number of nitrogens with two attached hydrogens (primary N) is 1. The molecule has 3 aromatic rings. The molecule has 0 amide bonds. The minimum atomic E-state index is -0.467. The van der Waals surface area contributed by atoms with E-state index in [4.69, 9.17) is 22.1 Å². The van der Waals surface area contributed by atoms with Crippen molar-refractivity contribution < 1.29 is 9.53 Å². The van der Waals surface area contributed by atoms with Crippen LogP contribution < -0.4 is 5.73 Å². The Hall–Kier alpha value is -2.60. The van der Waals surface area contributed by atoms with E-state index in [0.717, 1.165) is 16.5 Å². The number of benzene rings is 1. The van der Waals surface area contributed by atoms with E-state index in [1.165, 1.54) is 6.20 Å². The van der Waals surface area contributed by atoms with Gasteiger partial charge in [-0.15, -0.1) is 0 Å². The Morgan fingerprint density at radius 1 is 1.35 bits per heavy atom. The summed E-state index contributed by atoms with van der Waals surface area (Å²) in [5.41, 5.74) is 8.10. The molecule has 0 aliphatic rings. The highest BCUT2D eigenvalue weighted by molar-refractivity contribution is 6.31. The second-order valence-electron chi connectivity index (χ2n) is 5.00. The van der Waals surface area contributed by atoms with Crippen molar-refractivity contribution in [3.63, 3.8) is 0 Å². The lowest BCUT2D eigenvalue weighted by atomic mass is 10.1. The Bertz CT molecular complexity index is 876. The Balaban J connectivity index is 1.89. The zero-order valence-corrected chi connectivity index (χ0v) is 13.2. The molecule has 0 aliphatic heterocycles. The molecule has 3 rings (SSSR count). The Morgan fingerprint density at radius 2 is 2.17 bits per heavy atom. The average molecular weight is 331 g/mol. The minimum Gasteiger partial charge on any atom is -0.462 e. The molecule has 0 spiro atoms. The monoisotopic (exact) mass is 330 g/mol. The summed E-state index contributed by atoms with van der Waals surface area (Å²) in [6, 6.07) is 7.67. The van der Waals surface area contributed by atoms with Crippen molar-refractivity contribution in [1.82, 2.24) is 14.8 Å². The molecule has 6 nitrogen and oxygen atoms in total. The molecular weight excluding hydrogens is 316 g/mol. The van der Waals surface area contributed by atoms with Gasteiger partial charge in [0.1, 0.15) is 11.4 Å². The number of rotatable bonds is 4. The van der Waals surface area contributed by atoms with Crippen LogP contribution in [0.4, 0.5) is 5.82 Å². The minimum absolute atomic E-state index is 0.275. The topological polar surface area (TPSA) is 83.0 Å². The number of nitrogen functional groups attached to an aromatic ring is 1. The van der Waals surface area contributed by atoms with E-state index in [2.05, 4.69) is 10.1 Å². The average Bonchev–Trinajstić information content (AvgIpc) is 2.88. The SMILES string of the molecule is CCOC(=O)c1cnn(Cc2ccc3ncc(Cl)cc3c2)c1N. The Morgan fingerprint density at radius 3 is 2.96 bits per heavy atom. The smallest absolute Gasteiger partial charge is 0.343 e. The van der Waals surface area contributed by atoms with Gasteiger partial charge >= 0.3 is 5.97 Å². The molecule has 2 heterocycles. The van der Waals surface area contributed by atoms with Crippen molar-refractivity contribution in [2.24, 2.45) is 0 Å². The van der Waals surface area contributed by atoms with Gasteiger partial charge in [-0.2, -0.15) is 5.10 Å². The van der Waals surface area contributed by atoms with E-state index in [1.807, 2.05) is 24.3 Å². The molecule has 2 aromatic heterocycles. The molecule has 2 N–H and O–H groups in total. The van der Waals surface area contributed by atoms with Crippen LogP contribution in [0.25, 0.3) is 10.9 Å². The van der Waals surface area contributed by atoms with Gasteiger partial charge in [-0.25, -0.2) is 9.48 Å². The van der Waals surface area contributed by atoms with E-state index in [1.54, 1.807) is 17.8 Å². The van der Waals surface area contributed by atoms with Gasteiger partial charge in [-0.05, 0) is 30.7 Å². The summed E-state index contributed by atoms with van der Waals surface area (Å²) >= 11 is 5.97. The van der Waals surface area contributed by atoms with Gasteiger partial charge in [0.2, 0.25) is 0 Å². The number of anilines is 1. The number of halogens is 1. The second kappa shape index (κ2) is 6.26. The third-order valence-corrected chi connectivity index (χ3v) is 3.63. The van der Waals surface area contributed by atoms with Gasteiger partial charge in [0.25, 0.3) is 0 Å². The zero-order valence-electron chi connectivity index (χ0n) is 12.5. The number of hydrogen-bond donors (Lipinski definition) is 1. The molecule has 7 heteroatoms. The largest absolute Gasteiger partial charge is 0.462 e. The number of hydrogen-bond acceptors (Lipinski definition) is 5. The molecular formula is C16H15ClN4O2. The Labute approximate surface area is 137 Å². The van der Waals surface area contributed by atoms with Crippen molar-refractivity contribution in [3.05, 3.63) is 52.8 Å². The summed E-state index contributed by atoms with van der Waals surface area (Å²) in [4.78, 5) is 16.0.